The van der Waals surface area contributed by atoms with Crippen LogP contribution in [0.4, 0.5) is 4.39 Å². The predicted molar refractivity (Wildman–Crippen MR) is 269 cm³/mol. The summed E-state index contributed by atoms with van der Waals surface area (Å²) in [4.78, 5) is 125. The molecule has 28 heteroatoms. The Labute approximate surface area is 428 Å². The van der Waals surface area contributed by atoms with Crippen LogP contribution in [-0.4, -0.2) is 169 Å². The van der Waals surface area contributed by atoms with Crippen molar-refractivity contribution in [3.05, 3.63) is 47.4 Å². The molecule has 1 heterocycles. The highest BCUT2D eigenvalue weighted by molar-refractivity contribution is 5.99. The standard InChI is InChI=1S/C46H77FN16O11/c1-26(57-43(71)37(35(64)24-51)62-39(67)29(52)12-2-4-17-48)38(66)56-25-36(65)58-31(14-7-19-50)44(72)63-21-9-16-34(63)42(70)61-33(23-27-10-6-11-28(47)22-27)41(69)59-30(13-3-5-18-49)40(68)60-32(45(73)74)15-8-20-55-46(53)54/h6,10-11,15,22,26,29-31,33-35,37,64H,2-5,7-9,12-14,16-21,23-25,48-52H2,1H3,(H,56,66)(H,57,71)(H,58,65)(H,59,69)(H,60,68)(H,61,70)(H,62,67)(H,73,74)(H4,53,54,55)/b32-15-/t26-,29-,30-,31+,33?,34-,35-,37-/m0/s1. The van der Waals surface area contributed by atoms with Gasteiger partial charge >= 0.3 is 5.97 Å². The van der Waals surface area contributed by atoms with E-state index in [0.29, 0.717) is 38.6 Å². The van der Waals surface area contributed by atoms with Crippen molar-refractivity contribution in [1.82, 2.24) is 42.1 Å². The highest BCUT2D eigenvalue weighted by Gasteiger charge is 2.39. The minimum atomic E-state index is -1.57. The summed E-state index contributed by atoms with van der Waals surface area (Å²) < 4.78 is 14.4. The molecule has 1 unspecified atom stereocenters. The number of hydrogen-bond donors (Lipinski definition) is 16. The number of carbonyl (C=O) groups is 9. The molecule has 1 aromatic rings. The molecule has 8 atom stereocenters. The molecular formula is C46H77FN16O11. The number of likely N-dealkylation sites (tertiary alicyclic amines) is 1. The molecule has 27 nitrogen and oxygen atoms in total. The third-order valence-electron chi connectivity index (χ3n) is 11.7. The number of aliphatic carboxylic acids is 1. The Morgan fingerprint density at radius 3 is 2.08 bits per heavy atom. The van der Waals surface area contributed by atoms with E-state index in [2.05, 4.69) is 42.2 Å². The van der Waals surface area contributed by atoms with Crippen molar-refractivity contribution in [2.45, 2.75) is 132 Å². The zero-order valence-electron chi connectivity index (χ0n) is 41.8. The van der Waals surface area contributed by atoms with Gasteiger partial charge in [-0.15, -0.1) is 0 Å². The summed E-state index contributed by atoms with van der Waals surface area (Å²) in [6, 6.07) is -3.87. The number of rotatable bonds is 34. The molecule has 0 aromatic heterocycles. The van der Waals surface area contributed by atoms with Crippen molar-refractivity contribution < 1.29 is 57.8 Å². The van der Waals surface area contributed by atoms with Gasteiger partial charge in [-0.05, 0) is 108 Å². The molecule has 0 bridgehead atoms. The maximum Gasteiger partial charge on any atom is 0.352 e. The van der Waals surface area contributed by atoms with Gasteiger partial charge < -0.3 is 92.5 Å². The number of hydrogen-bond acceptors (Lipinski definition) is 16. The van der Waals surface area contributed by atoms with E-state index in [4.69, 9.17) is 40.1 Å². The number of amides is 8. The van der Waals surface area contributed by atoms with E-state index in [9.17, 15) is 57.8 Å². The summed E-state index contributed by atoms with van der Waals surface area (Å²) >= 11 is 0. The fourth-order valence-electron chi connectivity index (χ4n) is 7.61. The Morgan fingerprint density at radius 2 is 1.46 bits per heavy atom. The van der Waals surface area contributed by atoms with E-state index in [1.807, 2.05) is 0 Å². The molecule has 0 radical (unpaired) electrons. The van der Waals surface area contributed by atoms with Crippen LogP contribution in [0.5, 0.6) is 0 Å². The van der Waals surface area contributed by atoms with Gasteiger partial charge in [0.05, 0.1) is 18.7 Å². The lowest BCUT2D eigenvalue weighted by Gasteiger charge is -2.30. The van der Waals surface area contributed by atoms with E-state index < -0.39 is 126 Å². The Balaban J connectivity index is 2.25. The zero-order valence-corrected chi connectivity index (χ0v) is 41.8. The second kappa shape index (κ2) is 33.8. The molecule has 414 valence electrons. The average molecular weight is 1050 g/mol. The van der Waals surface area contributed by atoms with Crippen LogP contribution >= 0.6 is 0 Å². The van der Waals surface area contributed by atoms with Crippen molar-refractivity contribution in [3.8, 4) is 0 Å². The summed E-state index contributed by atoms with van der Waals surface area (Å²) in [7, 11) is 0. The number of aliphatic hydroxyl groups excluding tert-OH is 1. The van der Waals surface area contributed by atoms with Gasteiger partial charge in [-0.2, -0.15) is 0 Å². The number of aliphatic imine (C=N–C) groups is 1. The number of carboxylic acids is 1. The minimum Gasteiger partial charge on any atom is -0.477 e. The van der Waals surface area contributed by atoms with Crippen LogP contribution in [0, 0.1) is 5.82 Å². The summed E-state index contributed by atoms with van der Waals surface area (Å²) in [5.74, 6) is -8.96. The largest absolute Gasteiger partial charge is 0.477 e. The first kappa shape index (κ1) is 63.3. The lowest BCUT2D eigenvalue weighted by atomic mass is 10.0. The van der Waals surface area contributed by atoms with Crippen molar-refractivity contribution >= 4 is 59.2 Å². The van der Waals surface area contributed by atoms with Gasteiger partial charge in [-0.3, -0.25) is 43.3 Å². The molecule has 1 saturated heterocycles. The average Bonchev–Trinajstić information content (AvgIpc) is 3.86. The van der Waals surface area contributed by atoms with Crippen LogP contribution in [-0.2, 0) is 49.6 Å². The summed E-state index contributed by atoms with van der Waals surface area (Å²) in [6.07, 6.45) is 2.34. The molecule has 0 aliphatic carbocycles. The van der Waals surface area contributed by atoms with E-state index in [1.54, 1.807) is 0 Å². The number of nitrogens with two attached hydrogens (primary N) is 7. The molecule has 23 N–H and O–H groups in total. The fraction of sp³-hybridized carbons (Fsp3) is 0.609. The van der Waals surface area contributed by atoms with Crippen LogP contribution in [0.3, 0.4) is 0 Å². The van der Waals surface area contributed by atoms with Crippen LogP contribution < -0.4 is 77.4 Å². The number of aliphatic hydroxyl groups is 1. The molecule has 8 amide bonds. The second-order valence-electron chi connectivity index (χ2n) is 17.6. The zero-order chi connectivity index (χ0) is 55.3. The van der Waals surface area contributed by atoms with Crippen LogP contribution in [0.1, 0.15) is 83.1 Å². The first-order valence-corrected chi connectivity index (χ1v) is 24.5. The molecule has 1 fully saturated rings. The minimum absolute atomic E-state index is 0.00463. The molecule has 2 rings (SSSR count). The normalized spacial score (nSPS) is 16.2. The Kier molecular flexibility index (Phi) is 28.9. The number of carbonyl (C=O) groups excluding carboxylic acids is 8. The monoisotopic (exact) mass is 1050 g/mol. The predicted octanol–water partition coefficient (Wildman–Crippen LogP) is -5.69. The third-order valence-corrected chi connectivity index (χ3v) is 11.7. The summed E-state index contributed by atoms with van der Waals surface area (Å²) in [5, 5.41) is 37.4. The van der Waals surface area contributed by atoms with Crippen molar-refractivity contribution in [1.29, 1.82) is 0 Å². The maximum absolute atomic E-state index is 14.4. The maximum atomic E-state index is 14.4. The Bertz CT molecular complexity index is 2110. The van der Waals surface area contributed by atoms with Crippen molar-refractivity contribution in [3.63, 3.8) is 0 Å². The summed E-state index contributed by atoms with van der Waals surface area (Å²) in [6.45, 7) is 1.03. The number of nitrogens with one attached hydrogen (secondary N) is 7. The first-order chi connectivity index (χ1) is 35.2. The van der Waals surface area contributed by atoms with E-state index >= 15 is 0 Å². The number of guanidine groups is 1. The van der Waals surface area contributed by atoms with Crippen LogP contribution in [0.2, 0.25) is 0 Å². The van der Waals surface area contributed by atoms with Gasteiger partial charge in [0.2, 0.25) is 47.3 Å². The molecular weight excluding hydrogens is 972 g/mol. The third kappa shape index (κ3) is 22.5. The SMILES string of the molecule is C[C@H](NC(=O)[C@@H](NC(=O)[C@@H](N)CCCCN)[C@@H](O)CN)C(=O)NCC(=O)N[C@H](CCCN)C(=O)N1CCC[C@H]1C(=O)NC(Cc1cccc(F)c1)C(=O)N[C@@H](CCCCN)C(=O)N/C(=C\CCN=C(N)N)C(=O)O. The van der Waals surface area contributed by atoms with Gasteiger partial charge in [0.15, 0.2) is 5.96 Å². The first-order valence-electron chi connectivity index (χ1n) is 24.5. The lowest BCUT2D eigenvalue weighted by Crippen LogP contribution is -2.60. The van der Waals surface area contributed by atoms with Crippen LogP contribution in [0.15, 0.2) is 41.0 Å². The quantitative estimate of drug-likeness (QED) is 0.0132. The van der Waals surface area contributed by atoms with Gasteiger partial charge in [-0.1, -0.05) is 24.6 Å². The Hall–Kier alpha value is -6.85. The van der Waals surface area contributed by atoms with Gasteiger partial charge in [0.1, 0.15) is 47.8 Å². The topological polar surface area (TPSA) is 476 Å². The number of carboxylic acid groups (broad SMARTS) is 1. The molecule has 1 aliphatic heterocycles. The van der Waals surface area contributed by atoms with E-state index in [0.717, 1.165) is 6.07 Å². The number of unbranched alkanes of at least 4 members (excludes halogenated alkanes) is 2. The highest BCUT2D eigenvalue weighted by atomic mass is 19.1. The fourth-order valence-corrected chi connectivity index (χ4v) is 7.61. The van der Waals surface area contributed by atoms with Gasteiger partial charge in [-0.25, -0.2) is 9.18 Å². The molecule has 74 heavy (non-hydrogen) atoms. The molecule has 0 spiro atoms. The van der Waals surface area contributed by atoms with Crippen molar-refractivity contribution in [2.24, 2.45) is 45.1 Å². The highest BCUT2D eigenvalue weighted by Crippen LogP contribution is 2.21. The Morgan fingerprint density at radius 1 is 0.797 bits per heavy atom. The number of benzene rings is 1. The molecule has 1 aromatic carbocycles. The number of nitrogens with zero attached hydrogens (tertiary/aromatic N) is 2. The molecule has 0 saturated carbocycles. The summed E-state index contributed by atoms with van der Waals surface area (Å²) in [5.41, 5.74) is 38.8. The molecule has 1 aliphatic rings. The van der Waals surface area contributed by atoms with Crippen molar-refractivity contribution in [2.75, 3.05) is 45.8 Å². The van der Waals surface area contributed by atoms with Gasteiger partial charge in [0.25, 0.3) is 0 Å². The number of halogens is 1. The second-order valence-corrected chi connectivity index (χ2v) is 17.6. The van der Waals surface area contributed by atoms with E-state index in [1.165, 1.54) is 36.1 Å². The van der Waals surface area contributed by atoms with Gasteiger partial charge in [0, 0.05) is 26.1 Å². The van der Waals surface area contributed by atoms with Crippen LogP contribution in [0.25, 0.3) is 0 Å². The smallest absolute Gasteiger partial charge is 0.352 e. The van der Waals surface area contributed by atoms with E-state index in [-0.39, 0.29) is 82.6 Å². The lowest BCUT2D eigenvalue weighted by molar-refractivity contribution is -0.142.